The van der Waals surface area contributed by atoms with Gasteiger partial charge >= 0.3 is 0 Å². The average Bonchev–Trinajstić information content (AvgIpc) is 0.855. The van der Waals surface area contributed by atoms with Gasteiger partial charge in [-0.15, -0.1) is 0 Å². The van der Waals surface area contributed by atoms with Crippen LogP contribution in [-0.4, -0.2) is 76.3 Å². The van der Waals surface area contributed by atoms with Gasteiger partial charge in [0.1, 0.15) is 23.2 Å². The molecule has 2 aliphatic carbocycles. The zero-order valence-electron chi connectivity index (χ0n) is 57.5. The Kier molecular flexibility index (Phi) is 18.8. The van der Waals surface area contributed by atoms with Crippen molar-refractivity contribution in [3.8, 4) is 45.0 Å². The molecule has 8 aromatic heterocycles. The average molecular weight is 1370 g/mol. The highest BCUT2D eigenvalue weighted by Gasteiger charge is 2.43. The molecule has 2 saturated carbocycles. The number of carbonyl (C=O) groups is 4. The minimum Gasteiger partial charge on any atom is -0.355 e. The van der Waals surface area contributed by atoms with E-state index >= 15 is 0 Å². The van der Waals surface area contributed by atoms with Gasteiger partial charge in [0, 0.05) is 140 Å². The molecule has 18 nitrogen and oxygen atoms in total. The van der Waals surface area contributed by atoms with Crippen LogP contribution in [0.15, 0.2) is 190 Å². The summed E-state index contributed by atoms with van der Waals surface area (Å²) in [6, 6.07) is 43.2. The lowest BCUT2D eigenvalue weighted by Crippen LogP contribution is -2.40. The number of hydrogen-bond acceptors (Lipinski definition) is 12. The first kappa shape index (κ1) is 69.0. The third-order valence-corrected chi connectivity index (χ3v) is 21.2. The van der Waals surface area contributed by atoms with E-state index in [0.29, 0.717) is 130 Å². The summed E-state index contributed by atoms with van der Waals surface area (Å²) in [5, 5.41) is 8.62. The number of nitrogens with zero attached hydrogens (tertiary/aromatic N) is 4. The molecule has 4 atom stereocenters. The maximum atomic E-state index is 14.3. The van der Waals surface area contributed by atoms with E-state index in [0.717, 1.165) is 69.7 Å². The highest BCUT2D eigenvalue weighted by atomic mass is 19.1. The van der Waals surface area contributed by atoms with Crippen molar-refractivity contribution in [3.05, 3.63) is 257 Å². The molecule has 2 saturated heterocycles. The van der Waals surface area contributed by atoms with Crippen LogP contribution in [0.1, 0.15) is 125 Å². The molecule has 4 aliphatic rings. The number of ketones is 2. The Morgan fingerprint density at radius 3 is 1.06 bits per heavy atom. The maximum absolute atomic E-state index is 14.3. The Hall–Kier alpha value is -11.5. The van der Waals surface area contributed by atoms with Crippen LogP contribution in [0.4, 0.5) is 8.78 Å². The van der Waals surface area contributed by atoms with Crippen molar-refractivity contribution < 1.29 is 28.0 Å². The topological polar surface area (TPSA) is 275 Å². The number of aromatic amines is 4. The number of benzene rings is 4. The van der Waals surface area contributed by atoms with Gasteiger partial charge < -0.3 is 30.6 Å². The number of pyridine rings is 8. The maximum Gasteiger partial charge on any atom is 0.252 e. The quantitative estimate of drug-likeness (QED) is 0.0829. The van der Waals surface area contributed by atoms with Crippen molar-refractivity contribution >= 4 is 67.0 Å². The molecule has 2 amide bonds. The lowest BCUT2D eigenvalue weighted by Gasteiger charge is -2.31. The van der Waals surface area contributed by atoms with Crippen molar-refractivity contribution in [2.24, 2.45) is 0 Å². The predicted molar refractivity (Wildman–Crippen MR) is 392 cm³/mol. The van der Waals surface area contributed by atoms with Crippen LogP contribution in [0.2, 0.25) is 0 Å². The number of hydrogen-bond donors (Lipinski definition) is 6. The van der Waals surface area contributed by atoms with Crippen LogP contribution in [0.5, 0.6) is 0 Å². The zero-order chi connectivity index (χ0) is 71.8. The first-order valence-corrected chi connectivity index (χ1v) is 34.3. The highest BCUT2D eigenvalue weighted by molar-refractivity contribution is 5.94. The zero-order valence-corrected chi connectivity index (χ0v) is 57.5. The molecule has 4 fully saturated rings. The number of aromatic nitrogens is 8. The summed E-state index contributed by atoms with van der Waals surface area (Å²) in [6.07, 6.45) is 14.0. The van der Waals surface area contributed by atoms with Crippen LogP contribution < -0.4 is 32.9 Å². The monoisotopic (exact) mass is 1370 g/mol. The van der Waals surface area contributed by atoms with Crippen molar-refractivity contribution in [1.29, 1.82) is 0 Å². The molecule has 10 heterocycles. The molecule has 16 rings (SSSR count). The normalized spacial score (nSPS) is 20.2. The molecule has 4 aromatic carbocycles. The number of fused-ring (bicyclic) bond motifs is 4. The number of nitrogens with one attached hydrogen (secondary N) is 6. The summed E-state index contributed by atoms with van der Waals surface area (Å²) >= 11 is 0. The summed E-state index contributed by atoms with van der Waals surface area (Å²) in [6.45, 7) is 12.6. The van der Waals surface area contributed by atoms with Crippen molar-refractivity contribution in [1.82, 2.24) is 50.5 Å². The molecule has 12 aromatic rings. The Balaban J connectivity index is 0.000000121. The Labute approximate surface area is 585 Å². The van der Waals surface area contributed by atoms with Gasteiger partial charge in [-0.3, -0.25) is 58.3 Å². The number of Topliss-reactive ketones (excluding diaryl/α,β-unsaturated/α-hetero) is 2. The summed E-state index contributed by atoms with van der Waals surface area (Å²) in [5.41, 5.74) is 8.43. The highest BCUT2D eigenvalue weighted by Crippen LogP contribution is 2.38. The first-order valence-electron chi connectivity index (χ1n) is 34.3. The van der Waals surface area contributed by atoms with Crippen LogP contribution in [0.3, 0.4) is 0 Å². The Morgan fingerprint density at radius 1 is 0.353 bits per heavy atom. The van der Waals surface area contributed by atoms with Gasteiger partial charge in [0.2, 0.25) is 11.8 Å². The predicted octanol–water partition coefficient (Wildman–Crippen LogP) is 13.6. The van der Waals surface area contributed by atoms with Crippen molar-refractivity contribution in [2.45, 2.75) is 127 Å². The number of amides is 2. The largest absolute Gasteiger partial charge is 0.355 e. The van der Waals surface area contributed by atoms with E-state index in [1.807, 2.05) is 102 Å². The molecule has 102 heavy (non-hydrogen) atoms. The Bertz CT molecular complexity index is 5290. The van der Waals surface area contributed by atoms with E-state index in [9.17, 15) is 47.1 Å². The number of H-pyrrole nitrogens is 4. The van der Waals surface area contributed by atoms with Gasteiger partial charge in [-0.2, -0.15) is 0 Å². The van der Waals surface area contributed by atoms with Gasteiger partial charge in [0.05, 0.1) is 43.7 Å². The van der Waals surface area contributed by atoms with E-state index in [-0.39, 0.29) is 57.3 Å². The minimum atomic E-state index is -0.760. The van der Waals surface area contributed by atoms with E-state index in [1.165, 1.54) is 12.1 Å². The fraction of sp³-hybridized carbons (Fsp3) is 0.268. The molecular weight excluding hydrogens is 1290 g/mol. The van der Waals surface area contributed by atoms with Crippen LogP contribution in [-0.2, 0) is 40.8 Å². The second kappa shape index (κ2) is 27.9. The van der Waals surface area contributed by atoms with Crippen LogP contribution in [0, 0.1) is 25.5 Å². The SMILES string of the molecule is C[C@]1(c2ccc(-c3cc(F)c4cccnc4c3)[nH]c2=O)CCCCC1=O.C[C@]1(c2ccc(-c3cc(F)c4cccnc4c3)[nH]c2=O)CCCCC1=O.Cc1cccc2ncc(-c3ccc([C@@]4(C)CCNC4=O)c(=O)[nH]3)cc12.Cc1cccc2ncc(-c3ccc([C@@]4(C)CCNC4=O)c(=O)[nH]3)cc12. The fourth-order valence-electron chi connectivity index (χ4n) is 14.7. The van der Waals surface area contributed by atoms with E-state index < -0.39 is 21.7 Å². The second-order valence-electron chi connectivity index (χ2n) is 27.8. The molecule has 0 bridgehead atoms. The van der Waals surface area contributed by atoms with Crippen LogP contribution in [0.25, 0.3) is 88.6 Å². The van der Waals surface area contributed by atoms with E-state index in [4.69, 9.17) is 0 Å². The molecule has 20 heteroatoms. The Morgan fingerprint density at radius 2 is 0.716 bits per heavy atom. The summed E-state index contributed by atoms with van der Waals surface area (Å²) < 4.78 is 28.7. The minimum absolute atomic E-state index is 0.0891. The molecule has 0 unspecified atom stereocenters. The van der Waals surface area contributed by atoms with Gasteiger partial charge in [-0.05, 0) is 188 Å². The lowest BCUT2D eigenvalue weighted by molar-refractivity contribution is -0.126. The summed E-state index contributed by atoms with van der Waals surface area (Å²) in [7, 11) is 0. The molecular formula is C82H76F2N10O8. The molecule has 0 spiro atoms. The summed E-state index contributed by atoms with van der Waals surface area (Å²) in [5.74, 6) is -0.719. The molecule has 516 valence electrons. The fourth-order valence-corrected chi connectivity index (χ4v) is 14.7. The number of rotatable bonds is 8. The van der Waals surface area contributed by atoms with E-state index in [1.54, 1.807) is 97.6 Å². The van der Waals surface area contributed by atoms with Crippen LogP contribution >= 0.6 is 0 Å². The van der Waals surface area contributed by atoms with E-state index in [2.05, 4.69) is 50.5 Å². The number of halogens is 2. The number of aryl methyl sites for hydroxylation is 2. The molecule has 0 radical (unpaired) electrons. The van der Waals surface area contributed by atoms with Gasteiger partial charge in [0.15, 0.2) is 0 Å². The van der Waals surface area contributed by atoms with Gasteiger partial charge in [0.25, 0.3) is 22.2 Å². The first-order chi connectivity index (χ1) is 48.9. The number of carbonyl (C=O) groups excluding carboxylic acids is 4. The standard InChI is InChI=1S/2C21H19FN2O2.2C20H19N3O2/c2*1-21(9-3-2-6-19(21)25)15-7-8-17(24-20(15)26)13-11-16(22)14-5-4-10-23-18(14)12-13;2*1-12-4-3-5-17-14(12)10-13(11-22-17)16-7-6-15(18(24)23-16)20(2)8-9-21-19(20)25/h2*4-5,7-8,10-12H,2-3,6,9H2,1H3,(H,24,26);2*3-7,10-11H,8-9H2,1-2H3,(H,21,25)(H,23,24)/t2*21-;2*20-/m1111/s1. The van der Waals surface area contributed by atoms with Crippen molar-refractivity contribution in [2.75, 3.05) is 13.1 Å². The van der Waals surface area contributed by atoms with Gasteiger partial charge in [-0.1, -0.05) is 61.4 Å². The second-order valence-corrected chi connectivity index (χ2v) is 27.8. The third-order valence-electron chi connectivity index (χ3n) is 21.2. The molecule has 6 N–H and O–H groups in total. The lowest BCUT2D eigenvalue weighted by atomic mass is 9.70. The smallest absolute Gasteiger partial charge is 0.252 e. The van der Waals surface area contributed by atoms with Crippen molar-refractivity contribution in [3.63, 3.8) is 0 Å². The van der Waals surface area contributed by atoms with Gasteiger partial charge in [-0.25, -0.2) is 8.78 Å². The molecule has 2 aliphatic heterocycles. The summed E-state index contributed by atoms with van der Waals surface area (Å²) in [4.78, 5) is 129. The third kappa shape index (κ3) is 13.2.